The van der Waals surface area contributed by atoms with Gasteiger partial charge in [-0.1, -0.05) is 42.1 Å². The Balaban J connectivity index is 1.84. The predicted octanol–water partition coefficient (Wildman–Crippen LogP) is 2.13. The van der Waals surface area contributed by atoms with Crippen LogP contribution in [0.4, 0.5) is 0 Å². The van der Waals surface area contributed by atoms with Gasteiger partial charge in [-0.15, -0.1) is 0 Å². The van der Waals surface area contributed by atoms with Gasteiger partial charge >= 0.3 is 0 Å². The molecule has 2 aliphatic heterocycles. The smallest absolute Gasteiger partial charge is 0.250 e. The van der Waals surface area contributed by atoms with Crippen LogP contribution < -0.4 is 5.32 Å². The number of hydrogen-bond acceptors (Lipinski definition) is 5. The van der Waals surface area contributed by atoms with Crippen molar-refractivity contribution in [3.63, 3.8) is 0 Å². The zero-order valence-electron chi connectivity index (χ0n) is 11.2. The van der Waals surface area contributed by atoms with E-state index in [-0.39, 0.29) is 12.7 Å². The Kier molecular flexibility index (Phi) is 4.25. The minimum Gasteiger partial charge on any atom is -0.461 e. The van der Waals surface area contributed by atoms with Crippen LogP contribution in [0.15, 0.2) is 53.4 Å². The number of amidine groups is 1. The third kappa shape index (κ3) is 3.46. The zero-order valence-corrected chi connectivity index (χ0v) is 12.1. The second kappa shape index (κ2) is 6.49. The highest BCUT2D eigenvalue weighted by Gasteiger charge is 2.17. The molecular weight excluding hydrogens is 288 g/mol. The predicted molar refractivity (Wildman–Crippen MR) is 82.4 cm³/mol. The number of ether oxygens (including phenoxy) is 2. The molecule has 108 valence electrons. The van der Waals surface area contributed by atoms with Crippen molar-refractivity contribution in [3.05, 3.63) is 54.0 Å². The summed E-state index contributed by atoms with van der Waals surface area (Å²) in [6.45, 7) is 0.918. The number of nitrogens with one attached hydrogen (secondary N) is 1. The van der Waals surface area contributed by atoms with Gasteiger partial charge in [-0.25, -0.2) is 0 Å². The lowest BCUT2D eigenvalue weighted by atomic mass is 10.0. The fraction of sp³-hybridized carbons (Fsp3) is 0.200. The fourth-order valence-electron chi connectivity index (χ4n) is 1.98. The molecule has 0 unspecified atom stereocenters. The largest absolute Gasteiger partial charge is 0.461 e. The average Bonchev–Trinajstić information content (AvgIpc) is 3.19. The van der Waals surface area contributed by atoms with Gasteiger partial charge in [0.1, 0.15) is 6.26 Å². The summed E-state index contributed by atoms with van der Waals surface area (Å²) in [4.78, 5) is 16.3. The van der Waals surface area contributed by atoms with Gasteiger partial charge in [0.2, 0.25) is 6.79 Å². The number of thioether (sulfide) groups is 1. The Labute approximate surface area is 126 Å². The van der Waals surface area contributed by atoms with Crippen LogP contribution in [0.1, 0.15) is 5.56 Å². The summed E-state index contributed by atoms with van der Waals surface area (Å²) in [6.07, 6.45) is 3.03. The summed E-state index contributed by atoms with van der Waals surface area (Å²) < 4.78 is 10.5. The normalized spacial score (nSPS) is 17.6. The molecule has 1 aromatic carbocycles. The van der Waals surface area contributed by atoms with E-state index in [9.17, 15) is 4.79 Å². The van der Waals surface area contributed by atoms with Crippen molar-refractivity contribution in [3.8, 4) is 0 Å². The van der Waals surface area contributed by atoms with Gasteiger partial charge < -0.3 is 14.8 Å². The summed E-state index contributed by atoms with van der Waals surface area (Å²) in [7, 11) is 0. The molecule has 0 saturated carbocycles. The van der Waals surface area contributed by atoms with Gasteiger partial charge in [-0.3, -0.25) is 9.79 Å². The molecule has 0 spiro atoms. The number of nitrogens with zero attached hydrogens (tertiary/aromatic N) is 1. The average molecular weight is 302 g/mol. The van der Waals surface area contributed by atoms with Crippen LogP contribution >= 0.6 is 11.8 Å². The molecule has 5 nitrogen and oxygen atoms in total. The Bertz CT molecular complexity index is 623. The molecule has 21 heavy (non-hydrogen) atoms. The summed E-state index contributed by atoms with van der Waals surface area (Å²) in [6, 6.07) is 9.58. The minimum atomic E-state index is -0.224. The number of allylic oxidation sites excluding steroid dienone is 1. The molecule has 0 radical (unpaired) electrons. The fourth-order valence-corrected chi connectivity index (χ4v) is 2.71. The molecule has 6 heteroatoms. The number of carbonyl (C=O) groups is 1. The summed E-state index contributed by atoms with van der Waals surface area (Å²) in [5.41, 5.74) is 1.58. The van der Waals surface area contributed by atoms with Gasteiger partial charge in [0, 0.05) is 17.4 Å². The monoisotopic (exact) mass is 302 g/mol. The number of aliphatic imine (C=N–C) groups is 1. The van der Waals surface area contributed by atoms with E-state index >= 15 is 0 Å². The number of hydrogen-bond donors (Lipinski definition) is 1. The second-order valence-electron chi connectivity index (χ2n) is 4.36. The highest BCUT2D eigenvalue weighted by atomic mass is 32.2. The van der Waals surface area contributed by atoms with Crippen LogP contribution in [0.25, 0.3) is 5.57 Å². The lowest BCUT2D eigenvalue weighted by Gasteiger charge is -2.08. The molecule has 0 fully saturated rings. The number of carbonyl (C=O) groups excluding carboxylic acids is 1. The van der Waals surface area contributed by atoms with E-state index in [1.54, 1.807) is 11.8 Å². The number of benzene rings is 1. The lowest BCUT2D eigenvalue weighted by molar-refractivity contribution is -0.115. The molecule has 1 N–H and O–H groups in total. The quantitative estimate of drug-likeness (QED) is 0.869. The Morgan fingerprint density at radius 3 is 2.86 bits per heavy atom. The van der Waals surface area contributed by atoms with E-state index in [1.165, 1.54) is 12.3 Å². The molecule has 3 rings (SSSR count). The summed E-state index contributed by atoms with van der Waals surface area (Å²) in [5, 5.41) is 3.44. The first kappa shape index (κ1) is 13.8. The molecule has 0 atom stereocenters. The third-order valence-corrected chi connectivity index (χ3v) is 3.81. The lowest BCUT2D eigenvalue weighted by Crippen LogP contribution is -2.25. The van der Waals surface area contributed by atoms with Crippen molar-refractivity contribution in [1.29, 1.82) is 0 Å². The van der Waals surface area contributed by atoms with E-state index in [0.29, 0.717) is 16.5 Å². The second-order valence-corrected chi connectivity index (χ2v) is 5.44. The first-order chi connectivity index (χ1) is 10.3. The molecule has 0 saturated heterocycles. The molecule has 1 amide bonds. The molecule has 0 aliphatic carbocycles. The van der Waals surface area contributed by atoms with E-state index in [2.05, 4.69) is 10.3 Å². The van der Waals surface area contributed by atoms with Crippen molar-refractivity contribution in [2.45, 2.75) is 0 Å². The van der Waals surface area contributed by atoms with Crippen LogP contribution in [0.5, 0.6) is 0 Å². The number of rotatable bonds is 3. The van der Waals surface area contributed by atoms with Gasteiger partial charge in [-0.05, 0) is 5.56 Å². The van der Waals surface area contributed by atoms with Gasteiger partial charge in [0.05, 0.1) is 6.54 Å². The Morgan fingerprint density at radius 1 is 1.33 bits per heavy atom. The first-order valence-electron chi connectivity index (χ1n) is 6.53. The van der Waals surface area contributed by atoms with E-state index in [1.807, 2.05) is 30.3 Å². The van der Waals surface area contributed by atoms with E-state index < -0.39 is 0 Å². The Morgan fingerprint density at radius 2 is 2.19 bits per heavy atom. The van der Waals surface area contributed by atoms with Crippen LogP contribution in [0.2, 0.25) is 0 Å². The standard InChI is InChI=1S/C15H14N2O3S/c18-14(17-15-16-6-7-21-15)8-12(13-9-19-10-20-13)11-4-2-1-3-5-11/h1-5,8-9H,6-7,10H2,(H,16,17,18). The van der Waals surface area contributed by atoms with E-state index in [4.69, 9.17) is 9.47 Å². The van der Waals surface area contributed by atoms with Crippen molar-refractivity contribution in [2.24, 2.45) is 4.99 Å². The van der Waals surface area contributed by atoms with E-state index in [0.717, 1.165) is 17.9 Å². The summed E-state index contributed by atoms with van der Waals surface area (Å²) in [5.74, 6) is 1.24. The third-order valence-electron chi connectivity index (χ3n) is 2.91. The van der Waals surface area contributed by atoms with Crippen LogP contribution in [0.3, 0.4) is 0 Å². The molecule has 1 aromatic rings. The maximum absolute atomic E-state index is 12.1. The highest BCUT2D eigenvalue weighted by molar-refractivity contribution is 8.14. The Hall–Kier alpha value is -2.21. The first-order valence-corrected chi connectivity index (χ1v) is 7.52. The molecule has 0 aromatic heterocycles. The van der Waals surface area contributed by atoms with Gasteiger partial charge in [0.15, 0.2) is 10.9 Å². The van der Waals surface area contributed by atoms with Gasteiger partial charge in [-0.2, -0.15) is 0 Å². The summed E-state index contributed by atoms with van der Waals surface area (Å²) >= 11 is 1.54. The van der Waals surface area contributed by atoms with Crippen LogP contribution in [-0.2, 0) is 14.3 Å². The minimum absolute atomic E-state index is 0.170. The maximum atomic E-state index is 12.1. The number of amides is 1. The highest BCUT2D eigenvalue weighted by Crippen LogP contribution is 2.26. The maximum Gasteiger partial charge on any atom is 0.250 e. The van der Waals surface area contributed by atoms with Crippen molar-refractivity contribution in [1.82, 2.24) is 5.32 Å². The molecular formula is C15H14N2O3S. The van der Waals surface area contributed by atoms with Crippen LogP contribution in [-0.4, -0.2) is 30.2 Å². The zero-order chi connectivity index (χ0) is 14.5. The molecule has 2 aliphatic rings. The topological polar surface area (TPSA) is 59.9 Å². The SMILES string of the molecule is O=C(C=C(C1=COCO1)c1ccccc1)NC1=NCCS1. The van der Waals surface area contributed by atoms with Crippen molar-refractivity contribution in [2.75, 3.05) is 19.1 Å². The molecule has 2 heterocycles. The van der Waals surface area contributed by atoms with Gasteiger partial charge in [0.25, 0.3) is 5.91 Å². The van der Waals surface area contributed by atoms with Crippen LogP contribution in [0, 0.1) is 0 Å². The van der Waals surface area contributed by atoms with Crippen molar-refractivity contribution >= 4 is 28.4 Å². The molecule has 0 bridgehead atoms. The van der Waals surface area contributed by atoms with Crippen molar-refractivity contribution < 1.29 is 14.3 Å².